The van der Waals surface area contributed by atoms with Crippen molar-refractivity contribution in [3.8, 4) is 17.7 Å². The van der Waals surface area contributed by atoms with Gasteiger partial charge in [0.05, 0.1) is 7.11 Å². The van der Waals surface area contributed by atoms with Crippen LogP contribution in [0.4, 0.5) is 0 Å². The second-order valence-corrected chi connectivity index (χ2v) is 2.91. The van der Waals surface area contributed by atoms with Gasteiger partial charge < -0.3 is 4.74 Å². The molecule has 1 rings (SSSR count). The Labute approximate surface area is 79.8 Å². The molecule has 12 heavy (non-hydrogen) atoms. The lowest BCUT2D eigenvalue weighted by molar-refractivity contribution is 0.390. The molecule has 0 saturated carbocycles. The predicted octanol–water partition coefficient (Wildman–Crippen LogP) is 1.68. The minimum absolute atomic E-state index is 0.584. The highest BCUT2D eigenvalue weighted by molar-refractivity contribution is 9.10. The normalized spacial score (nSPS) is 8.92. The van der Waals surface area contributed by atoms with Gasteiger partial charge in [-0.1, -0.05) is 5.92 Å². The van der Waals surface area contributed by atoms with Crippen molar-refractivity contribution in [3.05, 3.63) is 10.7 Å². The van der Waals surface area contributed by atoms with Gasteiger partial charge in [0.2, 0.25) is 5.88 Å². The van der Waals surface area contributed by atoms with E-state index in [1.807, 2.05) is 0 Å². The minimum atomic E-state index is 0.584. The van der Waals surface area contributed by atoms with Crippen molar-refractivity contribution in [2.45, 2.75) is 13.5 Å². The Kier molecular flexibility index (Phi) is 3.18. The molecule has 0 spiro atoms. The second-order valence-electron chi connectivity index (χ2n) is 2.09. The van der Waals surface area contributed by atoms with E-state index in [9.17, 15) is 0 Å². The maximum absolute atomic E-state index is 4.95. The number of methoxy groups -OCH3 is 1. The molecule has 4 heteroatoms. The molecule has 0 atom stereocenters. The number of nitrogens with zero attached hydrogens (tertiary/aromatic N) is 2. The predicted molar refractivity (Wildman–Crippen MR) is 49.9 cm³/mol. The fraction of sp³-hybridized carbons (Fsp3) is 0.375. The van der Waals surface area contributed by atoms with Crippen LogP contribution in [0.15, 0.2) is 10.7 Å². The Morgan fingerprint density at radius 1 is 1.75 bits per heavy atom. The van der Waals surface area contributed by atoms with Crippen LogP contribution in [0.3, 0.4) is 0 Å². The molecule has 1 heterocycles. The summed E-state index contributed by atoms with van der Waals surface area (Å²) in [5.41, 5.74) is 0. The third kappa shape index (κ3) is 2.02. The van der Waals surface area contributed by atoms with Gasteiger partial charge in [-0.05, 0) is 22.9 Å². The van der Waals surface area contributed by atoms with E-state index in [4.69, 9.17) is 4.74 Å². The maximum Gasteiger partial charge on any atom is 0.233 e. The van der Waals surface area contributed by atoms with Crippen molar-refractivity contribution in [2.75, 3.05) is 7.11 Å². The van der Waals surface area contributed by atoms with Gasteiger partial charge in [-0.2, -0.15) is 0 Å². The van der Waals surface area contributed by atoms with Crippen LogP contribution in [0.2, 0.25) is 0 Å². The van der Waals surface area contributed by atoms with E-state index in [0.29, 0.717) is 12.4 Å². The van der Waals surface area contributed by atoms with Gasteiger partial charge in [0.15, 0.2) is 0 Å². The molecule has 3 nitrogen and oxygen atoms in total. The molecule has 0 unspecified atom stereocenters. The Morgan fingerprint density at radius 2 is 2.50 bits per heavy atom. The zero-order valence-corrected chi connectivity index (χ0v) is 8.55. The van der Waals surface area contributed by atoms with Crippen LogP contribution in [0, 0.1) is 11.8 Å². The summed E-state index contributed by atoms with van der Waals surface area (Å²) in [6, 6.07) is 1.80. The molecule has 0 bridgehead atoms. The lowest BCUT2D eigenvalue weighted by Gasteiger charge is -1.94. The number of aromatic nitrogens is 2. The molecule has 0 aromatic carbocycles. The minimum Gasteiger partial charge on any atom is -0.480 e. The summed E-state index contributed by atoms with van der Waals surface area (Å²) in [7, 11) is 1.59. The maximum atomic E-state index is 4.95. The number of hydrogen-bond acceptors (Lipinski definition) is 2. The van der Waals surface area contributed by atoms with Crippen molar-refractivity contribution in [3.63, 3.8) is 0 Å². The topological polar surface area (TPSA) is 27.1 Å². The van der Waals surface area contributed by atoms with Gasteiger partial charge in [-0.25, -0.2) is 4.68 Å². The third-order valence-corrected chi connectivity index (χ3v) is 1.96. The summed E-state index contributed by atoms with van der Waals surface area (Å²) in [5.74, 6) is 6.30. The number of ether oxygens (including phenoxy) is 1. The van der Waals surface area contributed by atoms with Crippen LogP contribution >= 0.6 is 15.9 Å². The molecule has 0 radical (unpaired) electrons. The van der Waals surface area contributed by atoms with Crippen LogP contribution in [0.25, 0.3) is 0 Å². The van der Waals surface area contributed by atoms with E-state index in [2.05, 4.69) is 32.9 Å². The molecule has 0 saturated heterocycles. The Morgan fingerprint density at radius 3 is 3.00 bits per heavy atom. The standard InChI is InChI=1S/C8H9BrN2O/c1-3-4-5-11-7(9)6-8(10-11)12-2/h6H,5H2,1-2H3. The monoisotopic (exact) mass is 228 g/mol. The first kappa shape index (κ1) is 9.14. The third-order valence-electron chi connectivity index (χ3n) is 1.32. The van der Waals surface area contributed by atoms with E-state index >= 15 is 0 Å². The van der Waals surface area contributed by atoms with E-state index in [1.165, 1.54) is 0 Å². The molecular weight excluding hydrogens is 220 g/mol. The second kappa shape index (κ2) is 4.17. The summed E-state index contributed by atoms with van der Waals surface area (Å²) in [5, 5.41) is 4.11. The molecule has 0 amide bonds. The van der Waals surface area contributed by atoms with Gasteiger partial charge in [-0.15, -0.1) is 11.0 Å². The van der Waals surface area contributed by atoms with Gasteiger partial charge in [0.25, 0.3) is 0 Å². The average molecular weight is 229 g/mol. The van der Waals surface area contributed by atoms with Crippen LogP contribution < -0.4 is 4.74 Å². The fourth-order valence-electron chi connectivity index (χ4n) is 0.737. The van der Waals surface area contributed by atoms with Crippen molar-refractivity contribution < 1.29 is 4.74 Å². The van der Waals surface area contributed by atoms with Crippen LogP contribution in [0.5, 0.6) is 5.88 Å². The van der Waals surface area contributed by atoms with Crippen molar-refractivity contribution in [2.24, 2.45) is 0 Å². The van der Waals surface area contributed by atoms with E-state index < -0.39 is 0 Å². The van der Waals surface area contributed by atoms with Crippen LogP contribution in [-0.2, 0) is 6.54 Å². The Balaban J connectivity index is 2.82. The molecule has 1 aromatic rings. The van der Waals surface area contributed by atoms with Gasteiger partial charge in [0.1, 0.15) is 11.1 Å². The summed E-state index contributed by atoms with van der Waals surface area (Å²) < 4.78 is 7.55. The lowest BCUT2D eigenvalue weighted by atomic mass is 10.6. The van der Waals surface area contributed by atoms with Crippen molar-refractivity contribution in [1.82, 2.24) is 9.78 Å². The van der Waals surface area contributed by atoms with E-state index in [0.717, 1.165) is 4.60 Å². The Hall–Kier alpha value is -0.950. The summed E-state index contributed by atoms with van der Waals surface area (Å²) in [6.07, 6.45) is 0. The highest BCUT2D eigenvalue weighted by Gasteiger charge is 2.02. The van der Waals surface area contributed by atoms with Crippen LogP contribution in [-0.4, -0.2) is 16.9 Å². The fourth-order valence-corrected chi connectivity index (χ4v) is 1.14. The van der Waals surface area contributed by atoms with Gasteiger partial charge in [-0.3, -0.25) is 0 Å². The number of hydrogen-bond donors (Lipinski definition) is 0. The first-order valence-electron chi connectivity index (χ1n) is 3.45. The van der Waals surface area contributed by atoms with Crippen LogP contribution in [0.1, 0.15) is 6.92 Å². The largest absolute Gasteiger partial charge is 0.480 e. The van der Waals surface area contributed by atoms with E-state index in [-0.39, 0.29) is 0 Å². The summed E-state index contributed by atoms with van der Waals surface area (Å²) in [6.45, 7) is 2.38. The highest BCUT2D eigenvalue weighted by atomic mass is 79.9. The molecule has 0 N–H and O–H groups in total. The number of halogens is 1. The first-order valence-corrected chi connectivity index (χ1v) is 4.24. The zero-order chi connectivity index (χ0) is 8.97. The number of rotatable bonds is 2. The zero-order valence-electron chi connectivity index (χ0n) is 6.97. The molecule has 0 aliphatic heterocycles. The SMILES string of the molecule is CC#CCn1nc(OC)cc1Br. The van der Waals surface area contributed by atoms with E-state index in [1.54, 1.807) is 24.8 Å². The summed E-state index contributed by atoms with van der Waals surface area (Å²) in [4.78, 5) is 0. The molecule has 0 aliphatic carbocycles. The first-order chi connectivity index (χ1) is 5.77. The molecule has 1 aromatic heterocycles. The van der Waals surface area contributed by atoms with Gasteiger partial charge >= 0.3 is 0 Å². The van der Waals surface area contributed by atoms with Crippen molar-refractivity contribution in [1.29, 1.82) is 0 Å². The average Bonchev–Trinajstić information content (AvgIpc) is 2.43. The molecule has 0 fully saturated rings. The Bertz CT molecular complexity index is 322. The molecule has 64 valence electrons. The quantitative estimate of drug-likeness (QED) is 0.721. The lowest BCUT2D eigenvalue weighted by Crippen LogP contribution is -1.98. The smallest absolute Gasteiger partial charge is 0.233 e. The summed E-state index contributed by atoms with van der Waals surface area (Å²) >= 11 is 3.34. The van der Waals surface area contributed by atoms with Gasteiger partial charge in [0, 0.05) is 6.07 Å². The van der Waals surface area contributed by atoms with Crippen molar-refractivity contribution >= 4 is 15.9 Å². The highest BCUT2D eigenvalue weighted by Crippen LogP contribution is 2.16. The molecule has 0 aliphatic rings. The molecular formula is C8H9BrN2O.